The zero-order valence-corrected chi connectivity index (χ0v) is 12.5. The molecule has 0 radical (unpaired) electrons. The van der Waals surface area contributed by atoms with Crippen LogP contribution in [0.25, 0.3) is 0 Å². The summed E-state index contributed by atoms with van der Waals surface area (Å²) in [5.41, 5.74) is 0.861. The lowest BCUT2D eigenvalue weighted by atomic mass is 10.0. The maximum Gasteiger partial charge on any atom is 0.318 e. The second-order valence-corrected chi connectivity index (χ2v) is 6.61. The Morgan fingerprint density at radius 2 is 2.24 bits per heavy atom. The molecular formula is C15H19FN2O2S. The zero-order chi connectivity index (χ0) is 14.8. The fourth-order valence-electron chi connectivity index (χ4n) is 2.69. The first kappa shape index (κ1) is 14.7. The molecule has 4 nitrogen and oxygen atoms in total. The Labute approximate surface area is 127 Å². The molecule has 2 amide bonds. The number of nitrogens with one attached hydrogen (secondary N) is 1. The molecule has 1 atom stereocenters. The number of urea groups is 1. The molecule has 3 rings (SSSR count). The van der Waals surface area contributed by atoms with E-state index in [2.05, 4.69) is 5.32 Å². The molecule has 1 aliphatic carbocycles. The van der Waals surface area contributed by atoms with E-state index >= 15 is 0 Å². The number of halogens is 1. The van der Waals surface area contributed by atoms with Crippen molar-refractivity contribution >= 4 is 17.8 Å². The Morgan fingerprint density at radius 1 is 1.43 bits per heavy atom. The summed E-state index contributed by atoms with van der Waals surface area (Å²) in [6.45, 7) is 0.323. The molecule has 0 saturated heterocycles. The Morgan fingerprint density at radius 3 is 2.95 bits per heavy atom. The van der Waals surface area contributed by atoms with Gasteiger partial charge in [0.25, 0.3) is 0 Å². The van der Waals surface area contributed by atoms with E-state index in [1.54, 1.807) is 22.7 Å². The van der Waals surface area contributed by atoms with Crippen molar-refractivity contribution in [3.8, 4) is 0 Å². The number of amides is 2. The van der Waals surface area contributed by atoms with E-state index in [1.807, 2.05) is 0 Å². The number of aliphatic hydroxyl groups is 1. The van der Waals surface area contributed by atoms with Crippen molar-refractivity contribution in [3.05, 3.63) is 29.6 Å². The van der Waals surface area contributed by atoms with Crippen LogP contribution in [0.1, 0.15) is 30.9 Å². The molecule has 2 N–H and O–H groups in total. The van der Waals surface area contributed by atoms with Gasteiger partial charge in [0.1, 0.15) is 5.82 Å². The van der Waals surface area contributed by atoms with Crippen molar-refractivity contribution < 1.29 is 14.3 Å². The number of nitrogens with zero attached hydrogens (tertiary/aromatic N) is 1. The summed E-state index contributed by atoms with van der Waals surface area (Å²) in [5.74, 6) is 0.636. The van der Waals surface area contributed by atoms with Gasteiger partial charge in [0, 0.05) is 23.2 Å². The first-order chi connectivity index (χ1) is 10.2. The van der Waals surface area contributed by atoms with E-state index in [0.717, 1.165) is 35.5 Å². The molecule has 1 aliphatic heterocycles. The highest BCUT2D eigenvalue weighted by Crippen LogP contribution is 2.37. The Balaban J connectivity index is 1.73. The lowest BCUT2D eigenvalue weighted by Gasteiger charge is -2.29. The topological polar surface area (TPSA) is 52.6 Å². The van der Waals surface area contributed by atoms with Gasteiger partial charge in [-0.15, -0.1) is 11.8 Å². The summed E-state index contributed by atoms with van der Waals surface area (Å²) in [5, 5.41) is 12.1. The molecule has 1 aromatic rings. The largest absolute Gasteiger partial charge is 0.395 e. The summed E-state index contributed by atoms with van der Waals surface area (Å²) >= 11 is 1.69. The zero-order valence-electron chi connectivity index (χ0n) is 11.7. The van der Waals surface area contributed by atoms with Crippen LogP contribution in [0.5, 0.6) is 0 Å². The SMILES string of the molecule is O=C(NC1CCSc2ccc(F)cc21)N(CCO)C1CC1. The standard InChI is InChI=1S/C15H19FN2O2S/c16-10-1-4-14-12(9-10)13(5-8-21-14)17-15(20)18(6-7-19)11-2-3-11/h1,4,9,11,13,19H,2-3,5-8H2,(H,17,20). The lowest BCUT2D eigenvalue weighted by Crippen LogP contribution is -2.44. The average molecular weight is 310 g/mol. The molecule has 1 heterocycles. The van der Waals surface area contributed by atoms with Gasteiger partial charge >= 0.3 is 6.03 Å². The van der Waals surface area contributed by atoms with Crippen molar-refractivity contribution in [3.63, 3.8) is 0 Å². The molecule has 2 aliphatic rings. The number of carbonyl (C=O) groups excluding carboxylic acids is 1. The smallest absolute Gasteiger partial charge is 0.318 e. The normalized spacial score (nSPS) is 20.8. The number of carbonyl (C=O) groups is 1. The van der Waals surface area contributed by atoms with E-state index in [0.29, 0.717) is 6.54 Å². The molecule has 1 aromatic carbocycles. The highest BCUT2D eigenvalue weighted by atomic mass is 32.2. The minimum absolute atomic E-state index is 0.0321. The monoisotopic (exact) mass is 310 g/mol. The molecule has 6 heteroatoms. The van der Waals surface area contributed by atoms with Gasteiger partial charge in [0.2, 0.25) is 0 Å². The predicted molar refractivity (Wildman–Crippen MR) is 79.8 cm³/mol. The van der Waals surface area contributed by atoms with E-state index in [-0.39, 0.29) is 30.5 Å². The third kappa shape index (κ3) is 3.32. The summed E-state index contributed by atoms with van der Waals surface area (Å²) in [6, 6.07) is 4.70. The van der Waals surface area contributed by atoms with Gasteiger partial charge in [-0.2, -0.15) is 0 Å². The Bertz CT molecular complexity index is 536. The summed E-state index contributed by atoms with van der Waals surface area (Å²) in [4.78, 5) is 15.1. The fraction of sp³-hybridized carbons (Fsp3) is 0.533. The number of fused-ring (bicyclic) bond motifs is 1. The van der Waals surface area contributed by atoms with E-state index in [4.69, 9.17) is 5.11 Å². The summed E-state index contributed by atoms with van der Waals surface area (Å²) in [7, 11) is 0. The highest BCUT2D eigenvalue weighted by molar-refractivity contribution is 7.99. The third-order valence-electron chi connectivity index (χ3n) is 3.90. The summed E-state index contributed by atoms with van der Waals surface area (Å²) in [6.07, 6.45) is 2.79. The van der Waals surface area contributed by atoms with E-state index in [9.17, 15) is 9.18 Å². The first-order valence-electron chi connectivity index (χ1n) is 7.29. The van der Waals surface area contributed by atoms with Crippen LogP contribution in [0.2, 0.25) is 0 Å². The minimum Gasteiger partial charge on any atom is -0.395 e. The molecule has 1 saturated carbocycles. The van der Waals surface area contributed by atoms with Crippen LogP contribution in [0.3, 0.4) is 0 Å². The number of benzene rings is 1. The molecule has 114 valence electrons. The lowest BCUT2D eigenvalue weighted by molar-refractivity contribution is 0.170. The maximum absolute atomic E-state index is 13.5. The highest BCUT2D eigenvalue weighted by Gasteiger charge is 2.33. The Kier molecular flexibility index (Phi) is 4.35. The van der Waals surface area contributed by atoms with E-state index < -0.39 is 0 Å². The van der Waals surface area contributed by atoms with Gasteiger partial charge in [0.15, 0.2) is 0 Å². The second-order valence-electron chi connectivity index (χ2n) is 5.47. The van der Waals surface area contributed by atoms with Gasteiger partial charge in [0.05, 0.1) is 12.6 Å². The molecule has 0 spiro atoms. The second kappa shape index (κ2) is 6.23. The third-order valence-corrected chi connectivity index (χ3v) is 5.02. The first-order valence-corrected chi connectivity index (χ1v) is 8.28. The number of aliphatic hydroxyl groups excluding tert-OH is 1. The minimum atomic E-state index is -0.273. The summed E-state index contributed by atoms with van der Waals surface area (Å²) < 4.78 is 13.5. The number of hydrogen-bond acceptors (Lipinski definition) is 3. The maximum atomic E-state index is 13.5. The van der Waals surface area contributed by atoms with Crippen LogP contribution in [-0.2, 0) is 0 Å². The molecule has 1 fully saturated rings. The molecule has 0 aromatic heterocycles. The van der Waals surface area contributed by atoms with E-state index in [1.165, 1.54) is 12.1 Å². The quantitative estimate of drug-likeness (QED) is 0.898. The molecular weight excluding hydrogens is 291 g/mol. The van der Waals surface area contributed by atoms with Crippen LogP contribution in [0.4, 0.5) is 9.18 Å². The van der Waals surface area contributed by atoms with Crippen LogP contribution >= 0.6 is 11.8 Å². The van der Waals surface area contributed by atoms with Crippen molar-refractivity contribution in [1.29, 1.82) is 0 Å². The predicted octanol–water partition coefficient (Wildman–Crippen LogP) is 2.53. The molecule has 0 bridgehead atoms. The van der Waals surface area contributed by atoms with Crippen molar-refractivity contribution in [2.75, 3.05) is 18.9 Å². The van der Waals surface area contributed by atoms with Crippen LogP contribution in [0.15, 0.2) is 23.1 Å². The van der Waals surface area contributed by atoms with Gasteiger partial charge in [-0.3, -0.25) is 0 Å². The van der Waals surface area contributed by atoms with Gasteiger partial charge in [-0.05, 0) is 43.0 Å². The fourth-order valence-corrected chi connectivity index (χ4v) is 3.80. The average Bonchev–Trinajstić information content (AvgIpc) is 3.30. The number of hydrogen-bond donors (Lipinski definition) is 2. The van der Waals surface area contributed by atoms with Gasteiger partial charge in [-0.1, -0.05) is 0 Å². The van der Waals surface area contributed by atoms with Crippen molar-refractivity contribution in [2.45, 2.75) is 36.2 Å². The Hall–Kier alpha value is -1.27. The van der Waals surface area contributed by atoms with Crippen LogP contribution in [0, 0.1) is 5.82 Å². The van der Waals surface area contributed by atoms with Crippen LogP contribution in [-0.4, -0.2) is 41.0 Å². The number of rotatable bonds is 4. The van der Waals surface area contributed by atoms with Gasteiger partial charge < -0.3 is 15.3 Å². The molecule has 1 unspecified atom stereocenters. The number of thioether (sulfide) groups is 1. The van der Waals surface area contributed by atoms with Crippen molar-refractivity contribution in [1.82, 2.24) is 10.2 Å². The van der Waals surface area contributed by atoms with Crippen molar-refractivity contribution in [2.24, 2.45) is 0 Å². The molecule has 21 heavy (non-hydrogen) atoms. The van der Waals surface area contributed by atoms with Gasteiger partial charge in [-0.25, -0.2) is 9.18 Å². The van der Waals surface area contributed by atoms with Crippen LogP contribution < -0.4 is 5.32 Å².